The highest BCUT2D eigenvalue weighted by molar-refractivity contribution is 6.00. The van der Waals surface area contributed by atoms with Crippen LogP contribution in [0.5, 0.6) is 0 Å². The molecule has 110 valence electrons. The van der Waals surface area contributed by atoms with Crippen LogP contribution in [-0.2, 0) is 9.53 Å². The molecule has 0 radical (unpaired) electrons. The van der Waals surface area contributed by atoms with E-state index in [4.69, 9.17) is 4.74 Å². The van der Waals surface area contributed by atoms with Crippen LogP contribution in [0.15, 0.2) is 23.8 Å². The summed E-state index contributed by atoms with van der Waals surface area (Å²) < 4.78 is 5.86. The molecule has 1 heterocycles. The fraction of sp³-hybridized carbons (Fsp3) is 0.667. The monoisotopic (exact) mass is 280 g/mol. The first-order valence-corrected chi connectivity index (χ1v) is 6.84. The van der Waals surface area contributed by atoms with Crippen molar-refractivity contribution in [2.24, 2.45) is 10.8 Å². The first-order valence-electron chi connectivity index (χ1n) is 6.84. The first kappa shape index (κ1) is 13.9. The molecular weight excluding hydrogens is 260 g/mol. The van der Waals surface area contributed by atoms with Crippen LogP contribution >= 0.6 is 0 Å². The molecule has 2 aliphatic carbocycles. The van der Waals surface area contributed by atoms with E-state index in [0.29, 0.717) is 17.6 Å². The van der Waals surface area contributed by atoms with E-state index >= 15 is 0 Å². The third kappa shape index (κ3) is 1.29. The zero-order chi connectivity index (χ0) is 14.9. The molecule has 1 aliphatic heterocycles. The Hall–Kier alpha value is -1.01. The summed E-state index contributed by atoms with van der Waals surface area (Å²) in [6, 6.07) is 0. The Bertz CT molecular complexity index is 524. The van der Waals surface area contributed by atoms with Crippen LogP contribution < -0.4 is 0 Å². The van der Waals surface area contributed by atoms with Crippen molar-refractivity contribution in [3.8, 4) is 0 Å². The summed E-state index contributed by atoms with van der Waals surface area (Å²) in [7, 11) is 0. The van der Waals surface area contributed by atoms with Crippen LogP contribution in [0.4, 0.5) is 0 Å². The van der Waals surface area contributed by atoms with E-state index in [2.05, 4.69) is 6.58 Å². The van der Waals surface area contributed by atoms with Crippen LogP contribution in [0.3, 0.4) is 0 Å². The van der Waals surface area contributed by atoms with Gasteiger partial charge >= 0.3 is 0 Å². The largest absolute Gasteiger partial charge is 0.396 e. The number of hydrogen-bond acceptors (Lipinski definition) is 5. The number of carbonyl (C=O) groups is 1. The molecule has 0 aromatic heterocycles. The lowest BCUT2D eigenvalue weighted by Gasteiger charge is -2.56. The van der Waals surface area contributed by atoms with Gasteiger partial charge in [0.15, 0.2) is 5.78 Å². The summed E-state index contributed by atoms with van der Waals surface area (Å²) in [5, 5.41) is 30.7. The van der Waals surface area contributed by atoms with Gasteiger partial charge in [-0.3, -0.25) is 4.79 Å². The van der Waals surface area contributed by atoms with Gasteiger partial charge < -0.3 is 20.1 Å². The van der Waals surface area contributed by atoms with Gasteiger partial charge in [0, 0.05) is 5.41 Å². The quantitative estimate of drug-likeness (QED) is 0.586. The molecule has 1 saturated carbocycles. The van der Waals surface area contributed by atoms with Gasteiger partial charge in [0.2, 0.25) is 0 Å². The molecule has 3 aliphatic rings. The van der Waals surface area contributed by atoms with E-state index < -0.39 is 47.6 Å². The molecule has 6 atom stereocenters. The Balaban J connectivity index is 2.23. The lowest BCUT2D eigenvalue weighted by atomic mass is 9.53. The maximum atomic E-state index is 12.2. The number of hydrogen-bond donors (Lipinski definition) is 3. The Morgan fingerprint density at radius 3 is 2.75 bits per heavy atom. The minimum atomic E-state index is -1.35. The number of ketones is 1. The van der Waals surface area contributed by atoms with E-state index in [1.165, 1.54) is 0 Å². The van der Waals surface area contributed by atoms with Gasteiger partial charge in [-0.15, -0.1) is 0 Å². The standard InChI is InChI=1S/C15H20O5/c1-7-4-10-15(6-16,13(19)11(7)18)14(3)5-9(17)12(20-10)8(14)2/h4,9-10,12-13,16-17,19H,2,5-6H2,1,3H3. The second kappa shape index (κ2) is 4.01. The molecule has 0 spiro atoms. The molecule has 20 heavy (non-hydrogen) atoms. The summed E-state index contributed by atoms with van der Waals surface area (Å²) in [4.78, 5) is 12.2. The zero-order valence-electron chi connectivity index (χ0n) is 11.7. The normalized spacial score (nSPS) is 51.0. The van der Waals surface area contributed by atoms with E-state index in [9.17, 15) is 20.1 Å². The number of fused-ring (bicyclic) bond motifs is 4. The van der Waals surface area contributed by atoms with E-state index in [1.807, 2.05) is 6.92 Å². The van der Waals surface area contributed by atoms with E-state index in [0.717, 1.165) is 0 Å². The van der Waals surface area contributed by atoms with E-state index in [-0.39, 0.29) is 0 Å². The van der Waals surface area contributed by atoms with Gasteiger partial charge in [-0.2, -0.15) is 0 Å². The highest BCUT2D eigenvalue weighted by Crippen LogP contribution is 2.63. The Morgan fingerprint density at radius 1 is 1.50 bits per heavy atom. The molecule has 0 amide bonds. The molecular formula is C15H20O5. The highest BCUT2D eigenvalue weighted by Gasteiger charge is 2.69. The average Bonchev–Trinajstić information content (AvgIpc) is 2.55. The van der Waals surface area contributed by atoms with Crippen LogP contribution in [0.1, 0.15) is 20.3 Å². The second-order valence-electron chi connectivity index (χ2n) is 6.42. The van der Waals surface area contributed by atoms with E-state index in [1.54, 1.807) is 13.0 Å². The summed E-state index contributed by atoms with van der Waals surface area (Å²) in [6.45, 7) is 7.05. The van der Waals surface area contributed by atoms with Crippen molar-refractivity contribution in [2.45, 2.75) is 44.7 Å². The Kier molecular flexibility index (Phi) is 2.80. The van der Waals surface area contributed by atoms with Crippen molar-refractivity contribution in [1.82, 2.24) is 0 Å². The molecule has 1 saturated heterocycles. The fourth-order valence-electron chi connectivity index (χ4n) is 4.21. The van der Waals surface area contributed by atoms with Crippen LogP contribution in [0.2, 0.25) is 0 Å². The topological polar surface area (TPSA) is 87.0 Å². The van der Waals surface area contributed by atoms with Crippen molar-refractivity contribution in [2.75, 3.05) is 6.61 Å². The molecule has 0 aromatic rings. The van der Waals surface area contributed by atoms with Crippen LogP contribution in [0, 0.1) is 10.8 Å². The zero-order valence-corrected chi connectivity index (χ0v) is 11.7. The first-order chi connectivity index (χ1) is 9.29. The summed E-state index contributed by atoms with van der Waals surface area (Å²) in [5.74, 6) is -0.396. The molecule has 5 nitrogen and oxygen atoms in total. The molecule has 3 N–H and O–H groups in total. The molecule has 2 bridgehead atoms. The molecule has 6 unspecified atom stereocenters. The van der Waals surface area contributed by atoms with Gasteiger partial charge in [0.1, 0.15) is 12.2 Å². The van der Waals surface area contributed by atoms with Gasteiger partial charge in [0.05, 0.1) is 24.2 Å². The van der Waals surface area contributed by atoms with Gasteiger partial charge in [0.25, 0.3) is 0 Å². The number of rotatable bonds is 1. The van der Waals surface area contributed by atoms with Gasteiger partial charge in [-0.25, -0.2) is 0 Å². The van der Waals surface area contributed by atoms with Gasteiger partial charge in [-0.1, -0.05) is 13.5 Å². The minimum Gasteiger partial charge on any atom is -0.396 e. The predicted octanol–water partition coefficient (Wildman–Crippen LogP) is -0.0505. The molecule has 3 rings (SSSR count). The number of aliphatic hydroxyl groups is 3. The van der Waals surface area contributed by atoms with Crippen LogP contribution in [-0.4, -0.2) is 52.1 Å². The van der Waals surface area contributed by atoms with Crippen LogP contribution in [0.25, 0.3) is 0 Å². The maximum absolute atomic E-state index is 12.2. The highest BCUT2D eigenvalue weighted by atomic mass is 16.5. The maximum Gasteiger partial charge on any atom is 0.187 e. The predicted molar refractivity (Wildman–Crippen MR) is 70.8 cm³/mol. The molecule has 0 aromatic carbocycles. The fourth-order valence-corrected chi connectivity index (χ4v) is 4.21. The second-order valence-corrected chi connectivity index (χ2v) is 6.42. The summed E-state index contributed by atoms with van der Waals surface area (Å²) in [6.07, 6.45) is -1.20. The number of carbonyl (C=O) groups excluding carboxylic acids is 1. The molecule has 2 fully saturated rings. The smallest absolute Gasteiger partial charge is 0.187 e. The number of Topliss-reactive ketones (excluding diaryl/α,β-unsaturated/α-hetero) is 1. The van der Waals surface area contributed by atoms with Crippen molar-refractivity contribution >= 4 is 5.78 Å². The SMILES string of the molecule is C=C1C2OC3C=C(C)C(=O)C(O)C3(CO)C1(C)CC2O. The number of aliphatic hydroxyl groups excluding tert-OH is 3. The molecule has 5 heteroatoms. The van der Waals surface area contributed by atoms with Gasteiger partial charge in [-0.05, 0) is 30.6 Å². The lowest BCUT2D eigenvalue weighted by molar-refractivity contribution is -0.192. The average molecular weight is 280 g/mol. The Labute approximate surface area is 117 Å². The Morgan fingerprint density at radius 2 is 2.15 bits per heavy atom. The summed E-state index contributed by atoms with van der Waals surface area (Å²) >= 11 is 0. The van der Waals surface area contributed by atoms with Crippen molar-refractivity contribution < 1.29 is 24.9 Å². The lowest BCUT2D eigenvalue weighted by Crippen LogP contribution is -2.65. The summed E-state index contributed by atoms with van der Waals surface area (Å²) in [5.41, 5.74) is -0.831. The van der Waals surface area contributed by atoms with Crippen molar-refractivity contribution in [3.63, 3.8) is 0 Å². The van der Waals surface area contributed by atoms with Crippen molar-refractivity contribution in [1.29, 1.82) is 0 Å². The number of ether oxygens (including phenoxy) is 1. The third-order valence-electron chi connectivity index (χ3n) is 5.64. The minimum absolute atomic E-state index is 0.324. The van der Waals surface area contributed by atoms with Crippen molar-refractivity contribution in [3.05, 3.63) is 23.8 Å². The third-order valence-corrected chi connectivity index (χ3v) is 5.64.